The summed E-state index contributed by atoms with van der Waals surface area (Å²) in [6, 6.07) is 16.9. The molecular weight excluding hydrogens is 279 g/mol. The second-order valence-electron chi connectivity index (χ2n) is 4.24. The number of hydrogen-bond acceptors (Lipinski definition) is 2. The summed E-state index contributed by atoms with van der Waals surface area (Å²) >= 11 is -2.52. The van der Waals surface area contributed by atoms with E-state index < -0.39 is 13.5 Å². The van der Waals surface area contributed by atoms with Gasteiger partial charge in [0.25, 0.3) is 0 Å². The molecule has 2 nitrogen and oxygen atoms in total. The van der Waals surface area contributed by atoms with Crippen LogP contribution in [0.1, 0.15) is 11.1 Å². The third kappa shape index (κ3) is 1.23. The average molecular weight is 291 g/mol. The van der Waals surface area contributed by atoms with Crippen molar-refractivity contribution in [3.05, 3.63) is 59.7 Å². The molecule has 4 rings (SSSR count). The third-order valence-electron chi connectivity index (χ3n) is 3.29. The molecular formula is C14H12O2Se. The average Bonchev–Trinajstić information content (AvgIpc) is 2.95. The molecule has 2 aliphatic rings. The number of rotatable bonds is 0. The molecule has 3 heteroatoms. The molecule has 0 saturated heterocycles. The Balaban J connectivity index is 1.97. The van der Waals surface area contributed by atoms with E-state index in [1.807, 2.05) is 0 Å². The maximum absolute atomic E-state index is 6.13. The van der Waals surface area contributed by atoms with Gasteiger partial charge in [-0.3, -0.25) is 0 Å². The standard InChI is InChI=1S/C14H12O2Se/c1-3-7-13-11(5-1)9-15-17(13)14-8-4-2-6-12(14)10-16-17/h1-8H,9-10H2. The van der Waals surface area contributed by atoms with E-state index in [1.54, 1.807) is 0 Å². The summed E-state index contributed by atoms with van der Waals surface area (Å²) in [7, 11) is 0. The molecule has 0 radical (unpaired) electrons. The molecule has 17 heavy (non-hydrogen) atoms. The van der Waals surface area contributed by atoms with Gasteiger partial charge in [0.2, 0.25) is 0 Å². The summed E-state index contributed by atoms with van der Waals surface area (Å²) in [6.07, 6.45) is 0. The van der Waals surface area contributed by atoms with Crippen molar-refractivity contribution in [2.75, 3.05) is 0 Å². The van der Waals surface area contributed by atoms with Gasteiger partial charge >= 0.3 is 103 Å². The van der Waals surface area contributed by atoms with Crippen LogP contribution in [0.4, 0.5) is 0 Å². The molecule has 0 saturated carbocycles. The molecule has 86 valence electrons. The van der Waals surface area contributed by atoms with Gasteiger partial charge in [-0.25, -0.2) is 0 Å². The number of fused-ring (bicyclic) bond motifs is 4. The molecule has 0 bridgehead atoms. The van der Waals surface area contributed by atoms with E-state index in [9.17, 15) is 0 Å². The van der Waals surface area contributed by atoms with Gasteiger partial charge in [0, 0.05) is 0 Å². The SMILES string of the molecule is c1ccc2c(c1)CO[Se]21OCc2ccccc21. The van der Waals surface area contributed by atoms with Gasteiger partial charge in [0.15, 0.2) is 0 Å². The summed E-state index contributed by atoms with van der Waals surface area (Å²) in [4.78, 5) is 0. The Morgan fingerprint density at radius 3 is 1.71 bits per heavy atom. The minimum absolute atomic E-state index is 0.699. The van der Waals surface area contributed by atoms with Crippen molar-refractivity contribution in [3.8, 4) is 0 Å². The van der Waals surface area contributed by atoms with E-state index in [1.165, 1.54) is 20.1 Å². The number of benzene rings is 2. The topological polar surface area (TPSA) is 18.5 Å². The fourth-order valence-corrected chi connectivity index (χ4v) is 8.47. The van der Waals surface area contributed by atoms with Gasteiger partial charge in [0.05, 0.1) is 0 Å². The molecule has 0 aliphatic carbocycles. The fourth-order valence-electron chi connectivity index (χ4n) is 2.47. The zero-order valence-electron chi connectivity index (χ0n) is 9.26. The van der Waals surface area contributed by atoms with Gasteiger partial charge in [0.1, 0.15) is 0 Å². The van der Waals surface area contributed by atoms with Gasteiger partial charge < -0.3 is 0 Å². The Hall–Kier alpha value is -1.12. The van der Waals surface area contributed by atoms with E-state index in [0.29, 0.717) is 13.2 Å². The Bertz CT molecular complexity index is 541. The molecule has 0 atom stereocenters. The Morgan fingerprint density at radius 2 is 1.18 bits per heavy atom. The van der Waals surface area contributed by atoms with Gasteiger partial charge in [-0.15, -0.1) is 0 Å². The second-order valence-corrected chi connectivity index (χ2v) is 9.19. The Morgan fingerprint density at radius 1 is 0.706 bits per heavy atom. The van der Waals surface area contributed by atoms with Crippen LogP contribution in [0, 0.1) is 0 Å². The van der Waals surface area contributed by atoms with E-state index in [0.717, 1.165) is 0 Å². The molecule has 0 N–H and O–H groups in total. The summed E-state index contributed by atoms with van der Waals surface area (Å²) < 4.78 is 14.9. The van der Waals surface area contributed by atoms with Crippen LogP contribution in [0.2, 0.25) is 0 Å². The Labute approximate surface area is 103 Å². The summed E-state index contributed by atoms with van der Waals surface area (Å²) in [5.74, 6) is 0. The summed E-state index contributed by atoms with van der Waals surface area (Å²) in [6.45, 7) is 1.40. The summed E-state index contributed by atoms with van der Waals surface area (Å²) in [5.41, 5.74) is 2.59. The zero-order valence-corrected chi connectivity index (χ0v) is 11.0. The van der Waals surface area contributed by atoms with Crippen LogP contribution >= 0.6 is 0 Å². The van der Waals surface area contributed by atoms with Crippen molar-refractivity contribution in [1.82, 2.24) is 0 Å². The fraction of sp³-hybridized carbons (Fsp3) is 0.143. The van der Waals surface area contributed by atoms with Crippen LogP contribution in [0.15, 0.2) is 48.5 Å². The molecule has 2 heterocycles. The quantitative estimate of drug-likeness (QED) is 0.681. The van der Waals surface area contributed by atoms with Crippen LogP contribution < -0.4 is 8.92 Å². The van der Waals surface area contributed by atoms with E-state index in [4.69, 9.17) is 7.64 Å². The van der Waals surface area contributed by atoms with Crippen molar-refractivity contribution >= 4 is 22.4 Å². The van der Waals surface area contributed by atoms with E-state index in [2.05, 4.69) is 48.5 Å². The van der Waals surface area contributed by atoms with Gasteiger partial charge in [-0.05, 0) is 0 Å². The molecule has 0 fully saturated rings. The molecule has 2 aliphatic heterocycles. The molecule has 0 unspecified atom stereocenters. The van der Waals surface area contributed by atoms with E-state index >= 15 is 0 Å². The minimum atomic E-state index is -2.52. The third-order valence-corrected chi connectivity index (χ3v) is 9.27. The maximum atomic E-state index is 6.13. The second kappa shape index (κ2) is 3.44. The van der Waals surface area contributed by atoms with Crippen molar-refractivity contribution in [2.45, 2.75) is 13.2 Å². The summed E-state index contributed by atoms with van der Waals surface area (Å²) in [5, 5.41) is 0. The normalized spacial score (nSPS) is 21.2. The monoisotopic (exact) mass is 292 g/mol. The van der Waals surface area contributed by atoms with Crippen LogP contribution in [0.25, 0.3) is 0 Å². The molecule has 1 spiro atoms. The Kier molecular flexibility index (Phi) is 1.99. The van der Waals surface area contributed by atoms with Crippen LogP contribution in [0.3, 0.4) is 0 Å². The first-order chi connectivity index (χ1) is 8.40. The predicted octanol–water partition coefficient (Wildman–Crippen LogP) is 1.30. The molecule has 0 amide bonds. The van der Waals surface area contributed by atoms with Crippen molar-refractivity contribution in [2.24, 2.45) is 0 Å². The zero-order chi connectivity index (χ0) is 11.3. The molecule has 2 aromatic carbocycles. The first kappa shape index (κ1) is 9.86. The van der Waals surface area contributed by atoms with E-state index in [-0.39, 0.29) is 0 Å². The van der Waals surface area contributed by atoms with Crippen molar-refractivity contribution in [3.63, 3.8) is 0 Å². The predicted molar refractivity (Wildman–Crippen MR) is 67.5 cm³/mol. The van der Waals surface area contributed by atoms with Crippen molar-refractivity contribution < 1.29 is 7.64 Å². The van der Waals surface area contributed by atoms with Gasteiger partial charge in [-0.1, -0.05) is 0 Å². The molecule has 2 aromatic rings. The first-order valence-corrected chi connectivity index (χ1v) is 8.79. The van der Waals surface area contributed by atoms with Crippen LogP contribution in [0.5, 0.6) is 0 Å². The van der Waals surface area contributed by atoms with Crippen LogP contribution in [-0.4, -0.2) is 13.5 Å². The first-order valence-electron chi connectivity index (χ1n) is 5.68. The molecule has 0 aromatic heterocycles. The van der Waals surface area contributed by atoms with Crippen LogP contribution in [-0.2, 0) is 20.9 Å². The number of hydrogen-bond donors (Lipinski definition) is 0. The van der Waals surface area contributed by atoms with Gasteiger partial charge in [-0.2, -0.15) is 0 Å². The van der Waals surface area contributed by atoms with Crippen molar-refractivity contribution in [1.29, 1.82) is 0 Å².